The summed E-state index contributed by atoms with van der Waals surface area (Å²) in [5, 5.41) is 2.10. The number of hydrogen-bond acceptors (Lipinski definition) is 4. The predicted molar refractivity (Wildman–Crippen MR) is 80.9 cm³/mol. The van der Waals surface area contributed by atoms with E-state index in [0.29, 0.717) is 6.04 Å². The second kappa shape index (κ2) is 5.85. The molecule has 0 radical (unpaired) electrons. The number of ketones is 1. The fourth-order valence-corrected chi connectivity index (χ4v) is 3.61. The number of nitrogens with zero attached hydrogens (tertiary/aromatic N) is 2. The summed E-state index contributed by atoms with van der Waals surface area (Å²) in [4.78, 5) is 19.2. The van der Waals surface area contributed by atoms with Gasteiger partial charge in [0.2, 0.25) is 0 Å². The van der Waals surface area contributed by atoms with Gasteiger partial charge in [-0.1, -0.05) is 6.07 Å². The summed E-state index contributed by atoms with van der Waals surface area (Å²) in [7, 11) is 0. The maximum Gasteiger partial charge on any atom is 0.169 e. The van der Waals surface area contributed by atoms with Gasteiger partial charge in [0, 0.05) is 12.7 Å². The zero-order valence-corrected chi connectivity index (χ0v) is 12.4. The van der Waals surface area contributed by atoms with Crippen LogP contribution in [0, 0.1) is 0 Å². The van der Waals surface area contributed by atoms with Crippen LogP contribution in [0.5, 0.6) is 0 Å². The average molecular weight is 286 g/mol. The molecule has 1 unspecified atom stereocenters. The highest BCUT2D eigenvalue weighted by molar-refractivity contribution is 7.12. The molecule has 0 amide bonds. The van der Waals surface area contributed by atoms with E-state index >= 15 is 0 Å². The Morgan fingerprint density at radius 2 is 2.40 bits per heavy atom. The van der Waals surface area contributed by atoms with E-state index in [2.05, 4.69) is 27.4 Å². The molecule has 3 nitrogen and oxygen atoms in total. The van der Waals surface area contributed by atoms with Gasteiger partial charge in [-0.15, -0.1) is 11.3 Å². The number of Topliss-reactive ketones (excluding diaryl/α,β-unsaturated/α-hetero) is 1. The Kier molecular flexibility index (Phi) is 3.94. The lowest BCUT2D eigenvalue weighted by atomic mass is 10.1. The molecule has 0 spiro atoms. The minimum Gasteiger partial charge on any atom is -0.294 e. The van der Waals surface area contributed by atoms with E-state index in [1.54, 1.807) is 18.3 Å². The molecule has 3 rings (SSSR count). The third-order valence-electron chi connectivity index (χ3n) is 3.78. The van der Waals surface area contributed by atoms with E-state index in [1.165, 1.54) is 18.4 Å². The molecule has 1 aliphatic rings. The number of aromatic nitrogens is 1. The zero-order valence-electron chi connectivity index (χ0n) is 11.6. The molecule has 4 heteroatoms. The molecule has 1 fully saturated rings. The van der Waals surface area contributed by atoms with Crippen molar-refractivity contribution in [2.45, 2.75) is 32.4 Å². The quantitative estimate of drug-likeness (QED) is 0.804. The third-order valence-corrected chi connectivity index (χ3v) is 4.86. The molecule has 2 aromatic heterocycles. The van der Waals surface area contributed by atoms with Gasteiger partial charge in [0.25, 0.3) is 0 Å². The minimum atomic E-state index is 0.156. The summed E-state index contributed by atoms with van der Waals surface area (Å²) in [5.41, 5.74) is 2.40. The summed E-state index contributed by atoms with van der Waals surface area (Å²) in [5.74, 6) is 0.156. The second-order valence-corrected chi connectivity index (χ2v) is 6.17. The maximum atomic E-state index is 11.4. The van der Waals surface area contributed by atoms with E-state index in [4.69, 9.17) is 0 Å². The predicted octanol–water partition coefficient (Wildman–Crippen LogP) is 3.68. The molecule has 104 valence electrons. The highest BCUT2D eigenvalue weighted by Gasteiger charge is 2.27. The smallest absolute Gasteiger partial charge is 0.169 e. The Labute approximate surface area is 123 Å². The van der Waals surface area contributed by atoms with E-state index in [1.807, 2.05) is 18.3 Å². The van der Waals surface area contributed by atoms with Crippen LogP contribution < -0.4 is 0 Å². The summed E-state index contributed by atoms with van der Waals surface area (Å²) in [6.07, 6.45) is 4.25. The van der Waals surface area contributed by atoms with Gasteiger partial charge in [0.15, 0.2) is 5.78 Å². The van der Waals surface area contributed by atoms with Crippen molar-refractivity contribution < 1.29 is 4.79 Å². The van der Waals surface area contributed by atoms with Crippen molar-refractivity contribution in [1.82, 2.24) is 9.88 Å². The molecule has 0 saturated carbocycles. The molecule has 1 atom stereocenters. The standard InChI is InChI=1S/C16H18N2OS/c1-12(19)16-9-13(11-20-16)10-18-8-4-6-15(18)14-5-2-3-7-17-14/h2-3,5,7,9,11,15H,4,6,8,10H2,1H3. The van der Waals surface area contributed by atoms with Gasteiger partial charge >= 0.3 is 0 Å². The van der Waals surface area contributed by atoms with Crippen LogP contribution in [0.1, 0.15) is 46.7 Å². The van der Waals surface area contributed by atoms with Gasteiger partial charge in [-0.05, 0) is 55.5 Å². The van der Waals surface area contributed by atoms with E-state index in [-0.39, 0.29) is 5.78 Å². The van der Waals surface area contributed by atoms with Crippen LogP contribution in [0.15, 0.2) is 35.8 Å². The number of rotatable bonds is 4. The Morgan fingerprint density at radius 1 is 1.50 bits per heavy atom. The first-order valence-corrected chi connectivity index (χ1v) is 7.85. The van der Waals surface area contributed by atoms with Crippen molar-refractivity contribution in [3.8, 4) is 0 Å². The van der Waals surface area contributed by atoms with Crippen molar-refractivity contribution in [2.75, 3.05) is 6.54 Å². The molecule has 0 aliphatic carbocycles. The molecule has 0 bridgehead atoms. The minimum absolute atomic E-state index is 0.156. The normalized spacial score (nSPS) is 19.4. The summed E-state index contributed by atoms with van der Waals surface area (Å²) in [6, 6.07) is 8.56. The van der Waals surface area contributed by atoms with Crippen molar-refractivity contribution in [2.24, 2.45) is 0 Å². The monoisotopic (exact) mass is 286 g/mol. The number of likely N-dealkylation sites (tertiary alicyclic amines) is 1. The number of carbonyl (C=O) groups excluding carboxylic acids is 1. The van der Waals surface area contributed by atoms with Crippen LogP contribution in [0.4, 0.5) is 0 Å². The van der Waals surface area contributed by atoms with Crippen LogP contribution in [0.25, 0.3) is 0 Å². The van der Waals surface area contributed by atoms with E-state index < -0.39 is 0 Å². The van der Waals surface area contributed by atoms with Gasteiger partial charge in [0.05, 0.1) is 16.6 Å². The van der Waals surface area contributed by atoms with Crippen molar-refractivity contribution in [1.29, 1.82) is 0 Å². The highest BCUT2D eigenvalue weighted by atomic mass is 32.1. The molecule has 0 N–H and O–H groups in total. The Morgan fingerprint density at radius 3 is 3.10 bits per heavy atom. The van der Waals surface area contributed by atoms with Crippen molar-refractivity contribution in [3.63, 3.8) is 0 Å². The molecule has 0 aromatic carbocycles. The highest BCUT2D eigenvalue weighted by Crippen LogP contribution is 2.32. The van der Waals surface area contributed by atoms with Gasteiger partial charge < -0.3 is 0 Å². The molecular weight excluding hydrogens is 268 g/mol. The topological polar surface area (TPSA) is 33.2 Å². The van der Waals surface area contributed by atoms with E-state index in [0.717, 1.165) is 23.7 Å². The van der Waals surface area contributed by atoms with Crippen LogP contribution in [-0.2, 0) is 6.54 Å². The van der Waals surface area contributed by atoms with Crippen LogP contribution in [-0.4, -0.2) is 22.2 Å². The largest absolute Gasteiger partial charge is 0.294 e. The fraction of sp³-hybridized carbons (Fsp3) is 0.375. The first-order valence-electron chi connectivity index (χ1n) is 6.97. The maximum absolute atomic E-state index is 11.4. The van der Waals surface area contributed by atoms with Crippen LogP contribution >= 0.6 is 11.3 Å². The second-order valence-electron chi connectivity index (χ2n) is 5.26. The lowest BCUT2D eigenvalue weighted by Crippen LogP contribution is -2.23. The third kappa shape index (κ3) is 2.81. The number of hydrogen-bond donors (Lipinski definition) is 0. The first kappa shape index (κ1) is 13.5. The molecule has 20 heavy (non-hydrogen) atoms. The summed E-state index contributed by atoms with van der Waals surface area (Å²) in [6.45, 7) is 3.64. The molecular formula is C16H18N2OS. The summed E-state index contributed by atoms with van der Waals surface area (Å²) < 4.78 is 0. The van der Waals surface area contributed by atoms with Crippen molar-refractivity contribution in [3.05, 3.63) is 52.0 Å². The first-order chi connectivity index (χ1) is 9.74. The SMILES string of the molecule is CC(=O)c1cc(CN2CCCC2c2ccccn2)cs1. The zero-order chi connectivity index (χ0) is 13.9. The number of thiophene rings is 1. The van der Waals surface area contributed by atoms with Crippen molar-refractivity contribution >= 4 is 17.1 Å². The molecule has 2 aromatic rings. The van der Waals surface area contributed by atoms with Gasteiger partial charge in [-0.3, -0.25) is 14.7 Å². The van der Waals surface area contributed by atoms with Gasteiger partial charge in [0.1, 0.15) is 0 Å². The van der Waals surface area contributed by atoms with Crippen LogP contribution in [0.3, 0.4) is 0 Å². The summed E-state index contributed by atoms with van der Waals surface area (Å²) >= 11 is 1.55. The Balaban J connectivity index is 1.74. The number of pyridine rings is 1. The average Bonchev–Trinajstić information content (AvgIpc) is 3.09. The lowest BCUT2D eigenvalue weighted by Gasteiger charge is -2.23. The van der Waals surface area contributed by atoms with Gasteiger partial charge in [-0.25, -0.2) is 0 Å². The Bertz CT molecular complexity index is 594. The number of carbonyl (C=O) groups is 1. The lowest BCUT2D eigenvalue weighted by molar-refractivity contribution is 0.102. The Hall–Kier alpha value is -1.52. The van der Waals surface area contributed by atoms with Crippen LogP contribution in [0.2, 0.25) is 0 Å². The van der Waals surface area contributed by atoms with E-state index in [9.17, 15) is 4.79 Å². The fourth-order valence-electron chi connectivity index (χ4n) is 2.80. The molecule has 1 saturated heterocycles. The molecule has 3 heterocycles. The molecule has 1 aliphatic heterocycles. The van der Waals surface area contributed by atoms with Gasteiger partial charge in [-0.2, -0.15) is 0 Å².